The van der Waals surface area contributed by atoms with Crippen LogP contribution in [0.3, 0.4) is 0 Å². The summed E-state index contributed by atoms with van der Waals surface area (Å²) in [6, 6.07) is 6.48. The monoisotopic (exact) mass is 482 g/mol. The van der Waals surface area contributed by atoms with E-state index < -0.39 is 11.6 Å². The van der Waals surface area contributed by atoms with E-state index in [-0.39, 0.29) is 18.2 Å². The first-order valence-electron chi connectivity index (χ1n) is 11.9. The van der Waals surface area contributed by atoms with Crippen molar-refractivity contribution in [1.82, 2.24) is 14.9 Å². The van der Waals surface area contributed by atoms with Gasteiger partial charge in [-0.05, 0) is 65.3 Å². The number of carbonyl (C=O) groups excluding carboxylic acids is 2. The van der Waals surface area contributed by atoms with Crippen molar-refractivity contribution < 1.29 is 19.1 Å². The van der Waals surface area contributed by atoms with Gasteiger partial charge in [0.15, 0.2) is 5.82 Å². The summed E-state index contributed by atoms with van der Waals surface area (Å²) < 4.78 is 11.3. The summed E-state index contributed by atoms with van der Waals surface area (Å²) in [6.45, 7) is 12.2. The van der Waals surface area contributed by atoms with E-state index in [1.807, 2.05) is 39.8 Å². The molecule has 35 heavy (non-hydrogen) atoms. The van der Waals surface area contributed by atoms with Crippen molar-refractivity contribution in [2.75, 3.05) is 36.5 Å². The minimum atomic E-state index is -0.623. The van der Waals surface area contributed by atoms with Crippen molar-refractivity contribution >= 4 is 23.6 Å². The molecule has 0 spiro atoms. The van der Waals surface area contributed by atoms with Crippen LogP contribution in [0.2, 0.25) is 0 Å². The number of benzene rings is 1. The van der Waals surface area contributed by atoms with Crippen LogP contribution in [0.25, 0.3) is 11.4 Å². The Kier molecular flexibility index (Phi) is 6.84. The van der Waals surface area contributed by atoms with E-state index >= 15 is 0 Å². The number of urea groups is 1. The third-order valence-electron chi connectivity index (χ3n) is 6.16. The standard InChI is InChI=1S/C25H34N6O4/c1-15-14-34-13-12-30(15)22-19-10-11-31(24(33)35-25(3,4)5)16(2)20(19)28-21(29-22)17-6-8-18(9-7-17)27-23(26)32/h6-9,15-16H,10-14H2,1-5H3,(H3,26,27,32)/t15-,16?/m0/s1. The summed E-state index contributed by atoms with van der Waals surface area (Å²) in [5.41, 5.74) is 7.91. The van der Waals surface area contributed by atoms with Gasteiger partial charge in [0.1, 0.15) is 11.4 Å². The molecule has 0 saturated carbocycles. The summed E-state index contributed by atoms with van der Waals surface area (Å²) in [5, 5.41) is 2.56. The molecular formula is C25H34N6O4. The van der Waals surface area contributed by atoms with Gasteiger partial charge in [-0.15, -0.1) is 0 Å². The van der Waals surface area contributed by atoms with E-state index in [1.165, 1.54) is 0 Å². The van der Waals surface area contributed by atoms with E-state index in [1.54, 1.807) is 17.0 Å². The van der Waals surface area contributed by atoms with Gasteiger partial charge in [0.2, 0.25) is 0 Å². The van der Waals surface area contributed by atoms with E-state index in [2.05, 4.69) is 17.1 Å². The number of hydrogen-bond donors (Lipinski definition) is 2. The predicted molar refractivity (Wildman–Crippen MR) is 133 cm³/mol. The Hall–Kier alpha value is -3.40. The van der Waals surface area contributed by atoms with E-state index in [9.17, 15) is 9.59 Å². The Labute approximate surface area is 205 Å². The quantitative estimate of drug-likeness (QED) is 0.683. The summed E-state index contributed by atoms with van der Waals surface area (Å²) in [4.78, 5) is 38.0. The Balaban J connectivity index is 1.76. The average Bonchev–Trinajstić information content (AvgIpc) is 2.78. The highest BCUT2D eigenvalue weighted by molar-refractivity contribution is 5.88. The van der Waals surface area contributed by atoms with E-state index in [4.69, 9.17) is 25.2 Å². The lowest BCUT2D eigenvalue weighted by molar-refractivity contribution is 0.0154. The number of aromatic nitrogens is 2. The second kappa shape index (κ2) is 9.69. The van der Waals surface area contributed by atoms with Crippen LogP contribution in [0.4, 0.5) is 21.1 Å². The Morgan fingerprint density at radius 2 is 1.86 bits per heavy atom. The van der Waals surface area contributed by atoms with E-state index in [0.717, 1.165) is 29.2 Å². The highest BCUT2D eigenvalue weighted by Crippen LogP contribution is 2.37. The highest BCUT2D eigenvalue weighted by atomic mass is 16.6. The molecule has 2 aliphatic rings. The number of morpholine rings is 1. The first-order valence-corrected chi connectivity index (χ1v) is 11.9. The summed E-state index contributed by atoms with van der Waals surface area (Å²) in [7, 11) is 0. The number of ether oxygens (including phenoxy) is 2. The molecule has 4 rings (SSSR count). The number of hydrogen-bond acceptors (Lipinski definition) is 7. The molecule has 2 aliphatic heterocycles. The van der Waals surface area contributed by atoms with Crippen LogP contribution in [0.5, 0.6) is 0 Å². The maximum absolute atomic E-state index is 12.9. The summed E-state index contributed by atoms with van der Waals surface area (Å²) in [6.07, 6.45) is 0.291. The lowest BCUT2D eigenvalue weighted by atomic mass is 9.98. The molecule has 1 unspecified atom stereocenters. The molecular weight excluding hydrogens is 448 g/mol. The fourth-order valence-corrected chi connectivity index (χ4v) is 4.47. The van der Waals surface area contributed by atoms with Gasteiger partial charge in [0.25, 0.3) is 0 Å². The molecule has 0 aliphatic carbocycles. The van der Waals surface area contributed by atoms with Gasteiger partial charge in [0.05, 0.1) is 31.0 Å². The minimum absolute atomic E-state index is 0.164. The molecule has 10 nitrogen and oxygen atoms in total. The number of anilines is 2. The van der Waals surface area contributed by atoms with Gasteiger partial charge in [-0.2, -0.15) is 0 Å². The Morgan fingerprint density at radius 3 is 2.49 bits per heavy atom. The summed E-state index contributed by atoms with van der Waals surface area (Å²) in [5.74, 6) is 1.44. The number of nitrogens with zero attached hydrogens (tertiary/aromatic N) is 4. The molecule has 1 aromatic heterocycles. The van der Waals surface area contributed by atoms with Gasteiger partial charge in [-0.3, -0.25) is 4.90 Å². The van der Waals surface area contributed by atoms with Crippen LogP contribution in [0.1, 0.15) is 51.9 Å². The first-order chi connectivity index (χ1) is 16.5. The molecule has 0 radical (unpaired) electrons. The average molecular weight is 483 g/mol. The predicted octanol–water partition coefficient (Wildman–Crippen LogP) is 3.71. The molecule has 3 heterocycles. The number of amides is 3. The number of carbonyl (C=O) groups is 2. The van der Waals surface area contributed by atoms with Crippen LogP contribution in [-0.2, 0) is 15.9 Å². The Morgan fingerprint density at radius 1 is 1.14 bits per heavy atom. The molecule has 0 bridgehead atoms. The second-order valence-corrected chi connectivity index (χ2v) is 10.0. The normalized spacial score (nSPS) is 20.3. The number of rotatable bonds is 3. The van der Waals surface area contributed by atoms with Crippen molar-refractivity contribution in [3.8, 4) is 11.4 Å². The zero-order chi connectivity index (χ0) is 25.3. The third-order valence-corrected chi connectivity index (χ3v) is 6.16. The Bertz CT molecular complexity index is 1100. The van der Waals surface area contributed by atoms with Gasteiger partial charge < -0.3 is 25.4 Å². The van der Waals surface area contributed by atoms with Gasteiger partial charge in [-0.25, -0.2) is 19.6 Å². The maximum Gasteiger partial charge on any atom is 0.410 e. The topological polar surface area (TPSA) is 123 Å². The SMILES string of the molecule is CC1c2nc(-c3ccc(NC(N)=O)cc3)nc(N3CCOC[C@@H]3C)c2CCN1C(=O)OC(C)(C)C. The van der Waals surface area contributed by atoms with Gasteiger partial charge >= 0.3 is 12.1 Å². The van der Waals surface area contributed by atoms with Crippen molar-refractivity contribution in [3.05, 3.63) is 35.5 Å². The molecule has 2 atom stereocenters. The zero-order valence-corrected chi connectivity index (χ0v) is 21.0. The lowest BCUT2D eigenvalue weighted by Gasteiger charge is -2.40. The van der Waals surface area contributed by atoms with Crippen molar-refractivity contribution in [2.24, 2.45) is 5.73 Å². The van der Waals surface area contributed by atoms with Crippen molar-refractivity contribution in [2.45, 2.75) is 58.7 Å². The van der Waals surface area contributed by atoms with Crippen molar-refractivity contribution in [1.29, 1.82) is 0 Å². The molecule has 3 amide bonds. The van der Waals surface area contributed by atoms with Crippen LogP contribution in [0.15, 0.2) is 24.3 Å². The fraction of sp³-hybridized carbons (Fsp3) is 0.520. The maximum atomic E-state index is 12.9. The molecule has 1 saturated heterocycles. The van der Waals surface area contributed by atoms with Crippen LogP contribution in [-0.4, -0.2) is 64.9 Å². The minimum Gasteiger partial charge on any atom is -0.444 e. The smallest absolute Gasteiger partial charge is 0.410 e. The van der Waals surface area contributed by atoms with Crippen LogP contribution in [0, 0.1) is 0 Å². The van der Waals surface area contributed by atoms with Crippen molar-refractivity contribution in [3.63, 3.8) is 0 Å². The molecule has 1 fully saturated rings. The number of primary amides is 1. The lowest BCUT2D eigenvalue weighted by Crippen LogP contribution is -2.46. The molecule has 1 aromatic carbocycles. The molecule has 10 heteroatoms. The van der Waals surface area contributed by atoms with Crippen LogP contribution >= 0.6 is 0 Å². The highest BCUT2D eigenvalue weighted by Gasteiger charge is 2.36. The van der Waals surface area contributed by atoms with Crippen LogP contribution < -0.4 is 16.0 Å². The molecule has 2 aromatic rings. The van der Waals surface area contributed by atoms with E-state index in [0.29, 0.717) is 37.7 Å². The van der Waals surface area contributed by atoms with Gasteiger partial charge in [-0.1, -0.05) is 0 Å². The number of nitrogens with one attached hydrogen (secondary N) is 1. The molecule has 3 N–H and O–H groups in total. The van der Waals surface area contributed by atoms with Gasteiger partial charge in [0, 0.05) is 29.9 Å². The third kappa shape index (κ3) is 5.48. The first kappa shape index (κ1) is 24.7. The largest absolute Gasteiger partial charge is 0.444 e. The summed E-state index contributed by atoms with van der Waals surface area (Å²) >= 11 is 0. The number of nitrogens with two attached hydrogens (primary N) is 1. The second-order valence-electron chi connectivity index (χ2n) is 10.0. The zero-order valence-electron chi connectivity index (χ0n) is 21.0. The molecule has 188 valence electrons. The number of fused-ring (bicyclic) bond motifs is 1. The fourth-order valence-electron chi connectivity index (χ4n) is 4.47.